The van der Waals surface area contributed by atoms with E-state index in [1.54, 1.807) is 26.0 Å². The van der Waals surface area contributed by atoms with Crippen LogP contribution in [0.2, 0.25) is 5.02 Å². The Balaban J connectivity index is 2.49. The van der Waals surface area contributed by atoms with Crippen LogP contribution in [0.15, 0.2) is 18.2 Å². The number of nitrogens with one attached hydrogen (secondary N) is 2. The van der Waals surface area contributed by atoms with Gasteiger partial charge in [-0.05, 0) is 38.6 Å². The molecule has 0 saturated carbocycles. The van der Waals surface area contributed by atoms with Crippen molar-refractivity contribution >= 4 is 29.1 Å². The standard InChI is InChI=1S/C16H23ClFN3O3/c1-11(21(2)10-15(22)19-7-4-8-24-3)16(23)20-14-9-12(17)5-6-13(14)18/h5-6,9,11H,4,7-8,10H2,1-3H3,(H,19,22)(H,20,23). The zero-order chi connectivity index (χ0) is 18.1. The number of halogens is 2. The minimum Gasteiger partial charge on any atom is -0.385 e. The Morgan fingerprint density at radius 3 is 2.79 bits per heavy atom. The number of likely N-dealkylation sites (N-methyl/N-ethyl adjacent to an activating group) is 1. The number of anilines is 1. The highest BCUT2D eigenvalue weighted by Gasteiger charge is 2.21. The second-order valence-corrected chi connectivity index (χ2v) is 5.84. The Morgan fingerprint density at radius 2 is 2.12 bits per heavy atom. The fraction of sp³-hybridized carbons (Fsp3) is 0.500. The van der Waals surface area contributed by atoms with Gasteiger partial charge in [0, 0.05) is 25.3 Å². The highest BCUT2D eigenvalue weighted by atomic mass is 35.5. The molecule has 8 heteroatoms. The topological polar surface area (TPSA) is 70.7 Å². The largest absolute Gasteiger partial charge is 0.385 e. The van der Waals surface area contributed by atoms with E-state index in [1.807, 2.05) is 0 Å². The molecule has 2 N–H and O–H groups in total. The SMILES string of the molecule is COCCCNC(=O)CN(C)C(C)C(=O)Nc1cc(Cl)ccc1F. The Bertz CT molecular complexity index is 571. The number of hydrogen-bond donors (Lipinski definition) is 2. The summed E-state index contributed by atoms with van der Waals surface area (Å²) in [5, 5.41) is 5.54. The zero-order valence-corrected chi connectivity index (χ0v) is 14.8. The van der Waals surface area contributed by atoms with Crippen molar-refractivity contribution in [2.24, 2.45) is 0 Å². The summed E-state index contributed by atoms with van der Waals surface area (Å²) in [6.07, 6.45) is 0.718. The summed E-state index contributed by atoms with van der Waals surface area (Å²) in [4.78, 5) is 25.6. The van der Waals surface area contributed by atoms with Crippen LogP contribution < -0.4 is 10.6 Å². The first-order chi connectivity index (χ1) is 11.3. The molecule has 0 aliphatic carbocycles. The minimum absolute atomic E-state index is 0.0109. The third-order valence-electron chi connectivity index (χ3n) is 3.47. The van der Waals surface area contributed by atoms with Gasteiger partial charge in [-0.2, -0.15) is 0 Å². The van der Waals surface area contributed by atoms with Crippen molar-refractivity contribution in [3.63, 3.8) is 0 Å². The quantitative estimate of drug-likeness (QED) is 0.661. The first-order valence-electron chi connectivity index (χ1n) is 7.57. The lowest BCUT2D eigenvalue weighted by Crippen LogP contribution is -2.45. The van der Waals surface area contributed by atoms with Crippen molar-refractivity contribution in [2.45, 2.75) is 19.4 Å². The third-order valence-corrected chi connectivity index (χ3v) is 3.70. The van der Waals surface area contributed by atoms with Crippen molar-refractivity contribution in [2.75, 3.05) is 39.2 Å². The fourth-order valence-corrected chi connectivity index (χ4v) is 2.07. The van der Waals surface area contributed by atoms with E-state index in [4.69, 9.17) is 16.3 Å². The van der Waals surface area contributed by atoms with E-state index >= 15 is 0 Å². The van der Waals surface area contributed by atoms with Gasteiger partial charge in [-0.25, -0.2) is 4.39 Å². The monoisotopic (exact) mass is 359 g/mol. The van der Waals surface area contributed by atoms with E-state index in [2.05, 4.69) is 10.6 Å². The van der Waals surface area contributed by atoms with E-state index in [-0.39, 0.29) is 18.1 Å². The molecule has 0 bridgehead atoms. The van der Waals surface area contributed by atoms with Crippen LogP contribution in [0.1, 0.15) is 13.3 Å². The summed E-state index contributed by atoms with van der Waals surface area (Å²) in [6, 6.07) is 3.30. The number of benzene rings is 1. The summed E-state index contributed by atoms with van der Waals surface area (Å²) in [6.45, 7) is 2.77. The lowest BCUT2D eigenvalue weighted by molar-refractivity contribution is -0.124. The molecule has 0 aromatic heterocycles. The second-order valence-electron chi connectivity index (χ2n) is 5.40. The molecule has 0 aliphatic heterocycles. The van der Waals surface area contributed by atoms with Crippen molar-refractivity contribution in [1.29, 1.82) is 0 Å². The van der Waals surface area contributed by atoms with Crippen LogP contribution in [0.5, 0.6) is 0 Å². The number of amides is 2. The average Bonchev–Trinajstić information content (AvgIpc) is 2.54. The molecule has 0 aliphatic rings. The number of ether oxygens (including phenoxy) is 1. The molecule has 1 rings (SSSR count). The number of hydrogen-bond acceptors (Lipinski definition) is 4. The van der Waals surface area contributed by atoms with Crippen molar-refractivity contribution < 1.29 is 18.7 Å². The highest BCUT2D eigenvalue weighted by molar-refractivity contribution is 6.30. The maximum atomic E-state index is 13.6. The van der Waals surface area contributed by atoms with Gasteiger partial charge in [0.1, 0.15) is 5.82 Å². The molecule has 1 aromatic carbocycles. The van der Waals surface area contributed by atoms with Gasteiger partial charge in [0.2, 0.25) is 11.8 Å². The first-order valence-corrected chi connectivity index (χ1v) is 7.94. The molecule has 1 aromatic rings. The van der Waals surface area contributed by atoms with Crippen LogP contribution in [-0.2, 0) is 14.3 Å². The van der Waals surface area contributed by atoms with Crippen LogP contribution in [0.3, 0.4) is 0 Å². The van der Waals surface area contributed by atoms with Gasteiger partial charge >= 0.3 is 0 Å². The highest BCUT2D eigenvalue weighted by Crippen LogP contribution is 2.19. The molecule has 0 radical (unpaired) electrons. The number of carbonyl (C=O) groups is 2. The smallest absolute Gasteiger partial charge is 0.241 e. The lowest BCUT2D eigenvalue weighted by Gasteiger charge is -2.23. The van der Waals surface area contributed by atoms with E-state index in [9.17, 15) is 14.0 Å². The maximum Gasteiger partial charge on any atom is 0.241 e. The second kappa shape index (κ2) is 10.2. The summed E-state index contributed by atoms with van der Waals surface area (Å²) in [5.74, 6) is -1.19. The molecule has 0 saturated heterocycles. The molecule has 6 nitrogen and oxygen atoms in total. The molecular formula is C16H23ClFN3O3. The van der Waals surface area contributed by atoms with Crippen molar-refractivity contribution in [1.82, 2.24) is 10.2 Å². The van der Waals surface area contributed by atoms with E-state index in [0.29, 0.717) is 18.2 Å². The van der Waals surface area contributed by atoms with Crippen LogP contribution in [0.25, 0.3) is 0 Å². The Morgan fingerprint density at radius 1 is 1.42 bits per heavy atom. The van der Waals surface area contributed by atoms with Gasteiger partial charge in [-0.3, -0.25) is 14.5 Å². The minimum atomic E-state index is -0.617. The molecule has 2 amide bonds. The van der Waals surface area contributed by atoms with Gasteiger partial charge in [0.25, 0.3) is 0 Å². The molecule has 0 fully saturated rings. The van der Waals surface area contributed by atoms with Crippen molar-refractivity contribution in [3.05, 3.63) is 29.0 Å². The summed E-state index contributed by atoms with van der Waals surface area (Å²) in [5.41, 5.74) is 0.0109. The zero-order valence-electron chi connectivity index (χ0n) is 14.1. The molecule has 1 unspecified atom stereocenters. The number of methoxy groups -OCH3 is 1. The summed E-state index contributed by atoms with van der Waals surface area (Å²) >= 11 is 5.79. The average molecular weight is 360 g/mol. The van der Waals surface area contributed by atoms with Gasteiger partial charge in [-0.15, -0.1) is 0 Å². The van der Waals surface area contributed by atoms with Gasteiger partial charge in [0.15, 0.2) is 0 Å². The van der Waals surface area contributed by atoms with Gasteiger partial charge in [0.05, 0.1) is 18.3 Å². The van der Waals surface area contributed by atoms with E-state index in [1.165, 1.54) is 18.2 Å². The lowest BCUT2D eigenvalue weighted by atomic mass is 10.2. The van der Waals surface area contributed by atoms with Crippen molar-refractivity contribution in [3.8, 4) is 0 Å². The van der Waals surface area contributed by atoms with E-state index in [0.717, 1.165) is 6.42 Å². The number of nitrogens with zero attached hydrogens (tertiary/aromatic N) is 1. The first kappa shape index (κ1) is 20.3. The molecular weight excluding hydrogens is 337 g/mol. The van der Waals surface area contributed by atoms with Crippen LogP contribution in [0.4, 0.5) is 10.1 Å². The summed E-state index contributed by atoms with van der Waals surface area (Å²) < 4.78 is 18.5. The number of carbonyl (C=O) groups excluding carboxylic acids is 2. The Labute approximate surface area is 146 Å². The van der Waals surface area contributed by atoms with Gasteiger partial charge in [-0.1, -0.05) is 11.6 Å². The predicted molar refractivity (Wildman–Crippen MR) is 91.6 cm³/mol. The van der Waals surface area contributed by atoms with Gasteiger partial charge < -0.3 is 15.4 Å². The summed E-state index contributed by atoms with van der Waals surface area (Å²) in [7, 11) is 3.24. The predicted octanol–water partition coefficient (Wildman–Crippen LogP) is 1.89. The van der Waals surface area contributed by atoms with Crippen LogP contribution in [-0.4, -0.2) is 56.6 Å². The molecule has 134 valence electrons. The molecule has 0 heterocycles. The Kier molecular flexibility index (Phi) is 8.67. The molecule has 1 atom stereocenters. The normalized spacial score (nSPS) is 12.1. The van der Waals surface area contributed by atoms with Crippen LogP contribution in [0, 0.1) is 5.82 Å². The molecule has 24 heavy (non-hydrogen) atoms. The Hall–Kier alpha value is -1.70. The maximum absolute atomic E-state index is 13.6. The molecule has 0 spiro atoms. The fourth-order valence-electron chi connectivity index (χ4n) is 1.89. The third kappa shape index (κ3) is 6.82. The van der Waals surface area contributed by atoms with E-state index < -0.39 is 17.8 Å². The number of rotatable bonds is 9. The van der Waals surface area contributed by atoms with Crippen LogP contribution >= 0.6 is 11.6 Å².